The summed E-state index contributed by atoms with van der Waals surface area (Å²) in [7, 11) is -2.32. The topological polar surface area (TPSA) is 148 Å². The fraction of sp³-hybridized carbons (Fsp3) is 0.440. The smallest absolute Gasteiger partial charge is 0.213 e. The normalized spacial score (nSPS) is 14.4. The molecule has 0 aliphatic heterocycles. The molecule has 0 radical (unpaired) electrons. The van der Waals surface area contributed by atoms with Gasteiger partial charge in [0, 0.05) is 24.5 Å². The van der Waals surface area contributed by atoms with Gasteiger partial charge in [0.05, 0.1) is 24.5 Å². The summed E-state index contributed by atoms with van der Waals surface area (Å²) in [6, 6.07) is 6.49. The van der Waals surface area contributed by atoms with Crippen LogP contribution < -0.4 is 4.74 Å². The van der Waals surface area contributed by atoms with Crippen molar-refractivity contribution >= 4 is 9.84 Å². The summed E-state index contributed by atoms with van der Waals surface area (Å²) >= 11 is 0. The minimum Gasteiger partial charge on any atom is -0.481 e. The molecule has 202 valence electrons. The molecular weight excluding hydrogens is 510 g/mol. The van der Waals surface area contributed by atoms with Gasteiger partial charge in [-0.3, -0.25) is 4.57 Å². The van der Waals surface area contributed by atoms with Crippen molar-refractivity contribution in [3.05, 3.63) is 65.8 Å². The van der Waals surface area contributed by atoms with E-state index in [1.54, 1.807) is 48.1 Å². The maximum Gasteiger partial charge on any atom is 0.213 e. The number of methoxy groups -OCH3 is 1. The SMILES string of the molecule is COc1cccc(-c2nnc(CS(=O)(=O)[C@@H](C)[C@@H](OC(C)C)c3ncc(C)cn3)n2[C@@H](C)c2ccon2)n1. The third kappa shape index (κ3) is 5.89. The van der Waals surface area contributed by atoms with Gasteiger partial charge in [-0.25, -0.2) is 23.4 Å². The Balaban J connectivity index is 1.74. The van der Waals surface area contributed by atoms with Crippen LogP contribution in [-0.4, -0.2) is 61.8 Å². The molecule has 0 saturated heterocycles. The van der Waals surface area contributed by atoms with E-state index in [1.165, 1.54) is 13.4 Å². The summed E-state index contributed by atoms with van der Waals surface area (Å²) in [5.74, 6) is 0.880. The van der Waals surface area contributed by atoms with Gasteiger partial charge >= 0.3 is 0 Å². The van der Waals surface area contributed by atoms with E-state index in [0.29, 0.717) is 28.9 Å². The van der Waals surface area contributed by atoms with E-state index >= 15 is 0 Å². The van der Waals surface area contributed by atoms with Gasteiger partial charge in [0.2, 0.25) is 5.88 Å². The molecule has 0 bridgehead atoms. The molecule has 4 heterocycles. The first-order valence-corrected chi connectivity index (χ1v) is 13.8. The lowest BCUT2D eigenvalue weighted by molar-refractivity contribution is 0.00140. The van der Waals surface area contributed by atoms with Crippen molar-refractivity contribution < 1.29 is 22.4 Å². The maximum absolute atomic E-state index is 13.8. The van der Waals surface area contributed by atoms with Crippen LogP contribution in [0.15, 0.2) is 47.4 Å². The van der Waals surface area contributed by atoms with E-state index in [1.807, 2.05) is 27.7 Å². The highest BCUT2D eigenvalue weighted by Gasteiger charge is 2.36. The summed E-state index contributed by atoms with van der Waals surface area (Å²) in [6.45, 7) is 8.99. The number of rotatable bonds is 11. The van der Waals surface area contributed by atoms with Gasteiger partial charge in [-0.15, -0.1) is 10.2 Å². The predicted molar refractivity (Wildman–Crippen MR) is 138 cm³/mol. The quantitative estimate of drug-likeness (QED) is 0.275. The highest BCUT2D eigenvalue weighted by Crippen LogP contribution is 2.30. The van der Waals surface area contributed by atoms with E-state index in [9.17, 15) is 8.42 Å². The highest BCUT2D eigenvalue weighted by atomic mass is 32.2. The zero-order valence-electron chi connectivity index (χ0n) is 22.1. The van der Waals surface area contributed by atoms with Crippen molar-refractivity contribution in [2.75, 3.05) is 7.11 Å². The second-order valence-corrected chi connectivity index (χ2v) is 11.6. The summed E-state index contributed by atoms with van der Waals surface area (Å²) in [5.41, 5.74) is 1.91. The third-order valence-corrected chi connectivity index (χ3v) is 8.04. The van der Waals surface area contributed by atoms with Gasteiger partial charge < -0.3 is 14.0 Å². The molecule has 4 rings (SSSR count). The largest absolute Gasteiger partial charge is 0.481 e. The molecule has 0 fully saturated rings. The Morgan fingerprint density at radius 1 is 1.05 bits per heavy atom. The zero-order valence-corrected chi connectivity index (χ0v) is 23.0. The Morgan fingerprint density at radius 3 is 2.42 bits per heavy atom. The first-order chi connectivity index (χ1) is 18.1. The minimum absolute atomic E-state index is 0.222. The molecule has 0 amide bonds. The molecule has 12 nitrogen and oxygen atoms in total. The monoisotopic (exact) mass is 541 g/mol. The van der Waals surface area contributed by atoms with E-state index < -0.39 is 33.0 Å². The molecule has 0 saturated carbocycles. The number of aromatic nitrogens is 7. The van der Waals surface area contributed by atoms with Gasteiger partial charge in [-0.2, -0.15) is 0 Å². The summed E-state index contributed by atoms with van der Waals surface area (Å²) in [5, 5.41) is 11.7. The highest BCUT2D eigenvalue weighted by molar-refractivity contribution is 7.91. The van der Waals surface area contributed by atoms with Crippen LogP contribution in [-0.2, 0) is 20.3 Å². The Bertz CT molecular complexity index is 1450. The Kier molecular flexibility index (Phi) is 8.17. The fourth-order valence-corrected chi connectivity index (χ4v) is 5.33. The average Bonchev–Trinajstić information content (AvgIpc) is 3.57. The summed E-state index contributed by atoms with van der Waals surface area (Å²) in [4.78, 5) is 13.1. The maximum atomic E-state index is 13.8. The number of sulfone groups is 1. The number of ether oxygens (including phenoxy) is 2. The lowest BCUT2D eigenvalue weighted by atomic mass is 10.2. The predicted octanol–water partition coefficient (Wildman–Crippen LogP) is 3.51. The number of nitrogens with zero attached hydrogens (tertiary/aromatic N) is 7. The molecule has 38 heavy (non-hydrogen) atoms. The van der Waals surface area contributed by atoms with E-state index in [4.69, 9.17) is 14.0 Å². The Labute approximate surface area is 221 Å². The zero-order chi connectivity index (χ0) is 27.4. The lowest BCUT2D eigenvalue weighted by Crippen LogP contribution is -2.32. The molecular formula is C25H31N7O5S. The molecule has 0 aliphatic carbocycles. The van der Waals surface area contributed by atoms with Crippen LogP contribution in [0.4, 0.5) is 0 Å². The summed E-state index contributed by atoms with van der Waals surface area (Å²) < 4.78 is 45.6. The van der Waals surface area contributed by atoms with Gasteiger partial charge in [-0.1, -0.05) is 11.2 Å². The number of hydrogen-bond acceptors (Lipinski definition) is 11. The second kappa shape index (κ2) is 11.4. The van der Waals surface area contributed by atoms with Crippen LogP contribution in [0.25, 0.3) is 11.5 Å². The number of hydrogen-bond donors (Lipinski definition) is 0. The summed E-state index contributed by atoms with van der Waals surface area (Å²) in [6.07, 6.45) is 3.62. The van der Waals surface area contributed by atoms with Crippen LogP contribution in [0.1, 0.15) is 62.7 Å². The van der Waals surface area contributed by atoms with Crippen LogP contribution in [0.2, 0.25) is 0 Å². The molecule has 3 atom stereocenters. The van der Waals surface area contributed by atoms with Gasteiger partial charge in [0.1, 0.15) is 35.3 Å². The molecule has 0 N–H and O–H groups in total. The lowest BCUT2D eigenvalue weighted by Gasteiger charge is -2.25. The van der Waals surface area contributed by atoms with Crippen LogP contribution in [0.5, 0.6) is 5.88 Å². The van der Waals surface area contributed by atoms with Crippen molar-refractivity contribution in [3.63, 3.8) is 0 Å². The van der Waals surface area contributed by atoms with Crippen molar-refractivity contribution in [3.8, 4) is 17.4 Å². The van der Waals surface area contributed by atoms with E-state index in [0.717, 1.165) is 5.56 Å². The number of pyridine rings is 1. The van der Waals surface area contributed by atoms with Crippen molar-refractivity contribution in [2.45, 2.75) is 63.9 Å². The molecule has 13 heteroatoms. The van der Waals surface area contributed by atoms with Crippen LogP contribution in [0, 0.1) is 6.92 Å². The molecule has 0 aromatic carbocycles. The van der Waals surface area contributed by atoms with Gasteiger partial charge in [0.25, 0.3) is 0 Å². The fourth-order valence-electron chi connectivity index (χ4n) is 3.95. The first-order valence-electron chi connectivity index (χ1n) is 12.1. The molecule has 0 unspecified atom stereocenters. The van der Waals surface area contributed by atoms with Gasteiger partial charge in [-0.05, 0) is 46.2 Å². The molecule has 0 spiro atoms. The Morgan fingerprint density at radius 2 is 1.79 bits per heavy atom. The van der Waals surface area contributed by atoms with Crippen molar-refractivity contribution in [1.29, 1.82) is 0 Å². The van der Waals surface area contributed by atoms with Crippen molar-refractivity contribution in [2.24, 2.45) is 0 Å². The van der Waals surface area contributed by atoms with Crippen molar-refractivity contribution in [1.82, 2.24) is 34.9 Å². The third-order valence-electron chi connectivity index (χ3n) is 6.00. The van der Waals surface area contributed by atoms with Gasteiger partial charge in [0.15, 0.2) is 21.5 Å². The van der Waals surface area contributed by atoms with Crippen LogP contribution >= 0.6 is 0 Å². The van der Waals surface area contributed by atoms with E-state index in [2.05, 4.69) is 30.3 Å². The van der Waals surface area contributed by atoms with E-state index in [-0.39, 0.29) is 11.9 Å². The average molecular weight is 542 g/mol. The molecule has 4 aromatic heterocycles. The first kappa shape index (κ1) is 27.3. The number of aryl methyl sites for hydroxylation is 1. The molecule has 0 aliphatic rings. The molecule has 4 aromatic rings. The Hall–Kier alpha value is -3.71. The minimum atomic E-state index is -3.84. The standard InChI is InChI=1S/C25H31N7O5S/c1-15(2)37-23(24-26-12-16(3)13-27-24)18(5)38(33,34)14-21-29-30-25(20-8-7-9-22(28-20)35-6)32(21)17(4)19-10-11-36-31-19/h7-13,15,17-18,23H,14H2,1-6H3/t17-,18-,23+/m0/s1. The second-order valence-electron chi connectivity index (χ2n) is 9.21. The van der Waals surface area contributed by atoms with Crippen LogP contribution in [0.3, 0.4) is 0 Å².